The summed E-state index contributed by atoms with van der Waals surface area (Å²) < 4.78 is 22.9. The molecule has 0 aromatic carbocycles. The normalized spacial score (nSPS) is 22.1. The first-order chi connectivity index (χ1) is 48.6. The van der Waals surface area contributed by atoms with Gasteiger partial charge in [0.1, 0.15) is 48.8 Å². The van der Waals surface area contributed by atoms with Gasteiger partial charge in [-0.3, -0.25) is 4.79 Å². The summed E-state index contributed by atoms with van der Waals surface area (Å²) in [5.74, 6) is -0.246. The van der Waals surface area contributed by atoms with E-state index in [1.807, 2.05) is 6.08 Å². The quantitative estimate of drug-likeness (QED) is 0.0204. The van der Waals surface area contributed by atoms with E-state index < -0.39 is 86.8 Å². The molecule has 0 aliphatic carbocycles. The number of hydrogen-bond donors (Lipinski definition) is 9. The van der Waals surface area contributed by atoms with Crippen LogP contribution >= 0.6 is 0 Å². The highest BCUT2D eigenvalue weighted by Gasteiger charge is 2.51. The summed E-state index contributed by atoms with van der Waals surface area (Å²) in [5, 5.41) is 87.7. The molecule has 0 radical (unpaired) electrons. The molecule has 0 saturated carbocycles. The Bertz CT molecular complexity index is 1850. The fraction of sp³-hybridized carbons (Fsp3) is 0.894. The largest absolute Gasteiger partial charge is 0.394 e. The lowest BCUT2D eigenvalue weighted by molar-refractivity contribution is -0.359. The van der Waals surface area contributed by atoms with Crippen LogP contribution in [-0.4, -0.2) is 140 Å². The van der Waals surface area contributed by atoms with Gasteiger partial charge in [0.05, 0.1) is 32.0 Å². The monoisotopic (exact) mass is 1400 g/mol. The lowest BCUT2D eigenvalue weighted by Crippen LogP contribution is -2.65. The molecule has 0 bridgehead atoms. The van der Waals surface area contributed by atoms with E-state index >= 15 is 0 Å². The zero-order chi connectivity index (χ0) is 71.5. The molecule has 0 aromatic heterocycles. The Labute approximate surface area is 607 Å². The van der Waals surface area contributed by atoms with E-state index in [0.717, 1.165) is 44.9 Å². The number of hydrogen-bond acceptors (Lipinski definition) is 13. The van der Waals surface area contributed by atoms with Crippen molar-refractivity contribution in [2.75, 3.05) is 19.8 Å². The topological polar surface area (TPSA) is 228 Å². The number of allylic oxidation sites excluding steroid dienone is 7. The first kappa shape index (κ1) is 93.0. The van der Waals surface area contributed by atoms with Crippen molar-refractivity contribution in [3.8, 4) is 0 Å². The van der Waals surface area contributed by atoms with Crippen LogP contribution in [0.4, 0.5) is 0 Å². The summed E-state index contributed by atoms with van der Waals surface area (Å²) in [7, 11) is 0. The molecular weight excluding hydrogens is 1240 g/mol. The number of amides is 1. The molecule has 2 rings (SSSR count). The third-order valence-electron chi connectivity index (χ3n) is 20.7. The van der Waals surface area contributed by atoms with E-state index in [2.05, 4.69) is 55.6 Å². The number of carbonyl (C=O) groups is 1. The Morgan fingerprint density at radius 1 is 0.354 bits per heavy atom. The van der Waals surface area contributed by atoms with Gasteiger partial charge in [0.25, 0.3) is 0 Å². The van der Waals surface area contributed by atoms with Crippen molar-refractivity contribution in [1.29, 1.82) is 0 Å². The number of aliphatic hydroxyl groups is 8. The van der Waals surface area contributed by atoms with Gasteiger partial charge < -0.3 is 65.1 Å². The zero-order valence-corrected chi connectivity index (χ0v) is 64.0. The predicted octanol–water partition coefficient (Wildman–Crippen LogP) is 19.8. The molecular formula is C85H159NO13. The second-order valence-corrected chi connectivity index (χ2v) is 29.9. The summed E-state index contributed by atoms with van der Waals surface area (Å²) in [5.41, 5.74) is 0. The van der Waals surface area contributed by atoms with Gasteiger partial charge in [-0.15, -0.1) is 0 Å². The fourth-order valence-electron chi connectivity index (χ4n) is 14.0. The van der Waals surface area contributed by atoms with Crippen LogP contribution in [0.25, 0.3) is 0 Å². The Morgan fingerprint density at radius 3 is 0.990 bits per heavy atom. The first-order valence-corrected chi connectivity index (χ1v) is 42.4. The average molecular weight is 1400 g/mol. The lowest BCUT2D eigenvalue weighted by Gasteiger charge is -2.46. The van der Waals surface area contributed by atoms with Crippen molar-refractivity contribution >= 4 is 5.91 Å². The van der Waals surface area contributed by atoms with Crippen molar-refractivity contribution in [3.05, 3.63) is 48.6 Å². The highest BCUT2D eigenvalue weighted by molar-refractivity contribution is 5.76. The van der Waals surface area contributed by atoms with Gasteiger partial charge in [0.15, 0.2) is 12.6 Å². The lowest BCUT2D eigenvalue weighted by atomic mass is 9.97. The maximum Gasteiger partial charge on any atom is 0.220 e. The summed E-state index contributed by atoms with van der Waals surface area (Å²) in [6.45, 7) is 2.84. The first-order valence-electron chi connectivity index (χ1n) is 42.4. The van der Waals surface area contributed by atoms with Crippen LogP contribution < -0.4 is 5.32 Å². The second-order valence-electron chi connectivity index (χ2n) is 29.9. The minimum absolute atomic E-state index is 0.246. The molecule has 2 heterocycles. The van der Waals surface area contributed by atoms with Crippen molar-refractivity contribution in [2.24, 2.45) is 0 Å². The fourth-order valence-corrected chi connectivity index (χ4v) is 14.0. The number of rotatable bonds is 72. The van der Waals surface area contributed by atoms with Crippen LogP contribution in [-0.2, 0) is 23.7 Å². The number of carbonyl (C=O) groups excluding carboxylic acids is 1. The summed E-state index contributed by atoms with van der Waals surface area (Å²) >= 11 is 0. The maximum absolute atomic E-state index is 13.4. The van der Waals surface area contributed by atoms with Gasteiger partial charge in [-0.1, -0.05) is 364 Å². The minimum Gasteiger partial charge on any atom is -0.394 e. The average Bonchev–Trinajstić information content (AvgIpc) is 0.799. The van der Waals surface area contributed by atoms with Crippen molar-refractivity contribution in [3.63, 3.8) is 0 Å². The van der Waals surface area contributed by atoms with Gasteiger partial charge in [-0.2, -0.15) is 0 Å². The molecule has 14 heteroatoms. The van der Waals surface area contributed by atoms with Crippen molar-refractivity contribution < 1.29 is 64.6 Å². The molecule has 12 unspecified atom stereocenters. The summed E-state index contributed by atoms with van der Waals surface area (Å²) in [6, 6.07) is -0.940. The molecule has 12 atom stereocenters. The van der Waals surface area contributed by atoms with E-state index in [1.54, 1.807) is 6.08 Å². The Kier molecular flexibility index (Phi) is 64.9. The minimum atomic E-state index is -1.79. The predicted molar refractivity (Wildman–Crippen MR) is 411 cm³/mol. The van der Waals surface area contributed by atoms with E-state index in [9.17, 15) is 45.6 Å². The van der Waals surface area contributed by atoms with Gasteiger partial charge in [0.2, 0.25) is 5.91 Å². The standard InChI is InChI=1S/C85H159NO13/c1-3-5-7-9-11-13-15-17-19-21-23-25-27-29-31-33-35-36-37-38-39-41-43-45-47-49-51-53-55-57-59-61-63-65-67-69-77(90)86-73(72-96-84-82(95)80(93)83(76(71-88)98-84)99-85-81(94)79(92)78(91)75(70-87)97-85)74(89)68-66-64-62-60-58-56-54-52-50-48-46-44-42-40-34-32-30-28-26-24-22-20-18-16-14-12-10-8-6-4-2/h21,23,50,52,58,60,66,68,73-76,78-85,87-89,91-95H,3-20,22,24-49,51,53-57,59,61-65,67,69-72H2,1-2H3,(H,86,90)/b23-21-,52-50+,60-58+,68-66+. The molecule has 0 aromatic rings. The van der Waals surface area contributed by atoms with Crippen molar-refractivity contribution in [1.82, 2.24) is 5.32 Å². The molecule has 2 fully saturated rings. The van der Waals surface area contributed by atoms with Crippen LogP contribution in [0.3, 0.4) is 0 Å². The Balaban J connectivity index is 1.61. The Morgan fingerprint density at radius 2 is 0.646 bits per heavy atom. The number of ether oxygens (including phenoxy) is 4. The molecule has 2 saturated heterocycles. The number of unbranched alkanes of at least 4 members (excludes halogenated alkanes) is 53. The highest BCUT2D eigenvalue weighted by atomic mass is 16.7. The van der Waals surface area contributed by atoms with Crippen molar-refractivity contribution in [2.45, 2.75) is 466 Å². The molecule has 99 heavy (non-hydrogen) atoms. The van der Waals surface area contributed by atoms with E-state index in [4.69, 9.17) is 18.9 Å². The number of aliphatic hydroxyl groups excluding tert-OH is 8. The Hall–Kier alpha value is -2.05. The second kappa shape index (κ2) is 69.0. The maximum atomic E-state index is 13.4. The zero-order valence-electron chi connectivity index (χ0n) is 64.0. The van der Waals surface area contributed by atoms with Crippen LogP contribution in [0.15, 0.2) is 48.6 Å². The van der Waals surface area contributed by atoms with E-state index in [0.29, 0.717) is 12.8 Å². The third-order valence-corrected chi connectivity index (χ3v) is 20.7. The molecule has 2 aliphatic heterocycles. The molecule has 582 valence electrons. The molecule has 14 nitrogen and oxygen atoms in total. The van der Waals surface area contributed by atoms with Crippen LogP contribution in [0.5, 0.6) is 0 Å². The van der Waals surface area contributed by atoms with E-state index in [-0.39, 0.29) is 18.9 Å². The summed E-state index contributed by atoms with van der Waals surface area (Å²) in [4.78, 5) is 13.4. The van der Waals surface area contributed by atoms with E-state index in [1.165, 1.54) is 315 Å². The number of nitrogens with one attached hydrogen (secondary N) is 1. The smallest absolute Gasteiger partial charge is 0.220 e. The molecule has 9 N–H and O–H groups in total. The van der Waals surface area contributed by atoms with Gasteiger partial charge >= 0.3 is 0 Å². The molecule has 1 amide bonds. The molecule has 0 spiro atoms. The third kappa shape index (κ3) is 51.7. The summed E-state index contributed by atoms with van der Waals surface area (Å²) in [6.07, 6.45) is 76.5. The highest BCUT2D eigenvalue weighted by Crippen LogP contribution is 2.30. The van der Waals surface area contributed by atoms with Gasteiger partial charge in [-0.05, 0) is 70.6 Å². The van der Waals surface area contributed by atoms with Crippen LogP contribution in [0, 0.1) is 0 Å². The van der Waals surface area contributed by atoms with Crippen LogP contribution in [0.1, 0.15) is 393 Å². The molecule has 2 aliphatic rings. The van der Waals surface area contributed by atoms with Crippen LogP contribution in [0.2, 0.25) is 0 Å². The van der Waals surface area contributed by atoms with Gasteiger partial charge in [-0.25, -0.2) is 0 Å². The van der Waals surface area contributed by atoms with Gasteiger partial charge in [0, 0.05) is 6.42 Å². The SMILES string of the molecule is CCCCCCCCCC/C=C\CCCCCCCCCCCCCCCCCCCCCCCCCC(=O)NC(COC1OC(CO)C(OC2OC(CO)C(O)C(O)C2O)C(O)C1O)C(O)/C=C/CC/C=C/CC/C=C/CCCCCCCCCCCCCCCCCCCCCC.